The Morgan fingerprint density at radius 2 is 2.00 bits per heavy atom. The number of carbonyl (C=O) groups is 1. The molecule has 1 aliphatic rings. The number of halogens is 1. The molecule has 112 valence electrons. The first kappa shape index (κ1) is 15.3. The Hall–Kier alpha value is -1.09. The Labute approximate surface area is 125 Å². The Morgan fingerprint density at radius 3 is 2.55 bits per heavy atom. The highest BCUT2D eigenvalue weighted by molar-refractivity contribution is 9.10. The second kappa shape index (κ2) is 5.72. The molecule has 1 aliphatic heterocycles. The molecule has 1 saturated heterocycles. The van der Waals surface area contributed by atoms with E-state index in [1.165, 1.54) is 0 Å². The molecule has 1 fully saturated rings. The quantitative estimate of drug-likeness (QED) is 0.729. The van der Waals surface area contributed by atoms with Gasteiger partial charge in [-0.05, 0) is 22.9 Å². The summed E-state index contributed by atoms with van der Waals surface area (Å²) < 4.78 is 30.0. The van der Waals surface area contributed by atoms with Gasteiger partial charge in [-0.2, -0.15) is 5.10 Å². The van der Waals surface area contributed by atoms with Crippen molar-refractivity contribution >= 4 is 37.6 Å². The van der Waals surface area contributed by atoms with Gasteiger partial charge in [-0.15, -0.1) is 0 Å². The number of esters is 1. The van der Waals surface area contributed by atoms with Crippen molar-refractivity contribution in [2.75, 3.05) is 36.1 Å². The van der Waals surface area contributed by atoms with Crippen LogP contribution in [0.25, 0.3) is 0 Å². The van der Waals surface area contributed by atoms with Gasteiger partial charge >= 0.3 is 5.97 Å². The molecule has 0 unspecified atom stereocenters. The van der Waals surface area contributed by atoms with E-state index in [9.17, 15) is 13.2 Å². The van der Waals surface area contributed by atoms with Crippen LogP contribution in [0.1, 0.15) is 17.3 Å². The summed E-state index contributed by atoms with van der Waals surface area (Å²) in [6, 6.07) is 0. The summed E-state index contributed by atoms with van der Waals surface area (Å²) >= 11 is 3.25. The van der Waals surface area contributed by atoms with Crippen molar-refractivity contribution in [3.63, 3.8) is 0 Å². The molecule has 0 aliphatic carbocycles. The van der Waals surface area contributed by atoms with E-state index in [1.54, 1.807) is 18.7 Å². The van der Waals surface area contributed by atoms with Crippen LogP contribution in [0.3, 0.4) is 0 Å². The summed E-state index contributed by atoms with van der Waals surface area (Å²) in [5.74, 6) is 0.289. The smallest absolute Gasteiger partial charge is 0.344 e. The second-order valence-electron chi connectivity index (χ2n) is 4.47. The number of aryl methyl sites for hydroxylation is 1. The molecule has 1 aromatic heterocycles. The molecule has 2 heterocycles. The van der Waals surface area contributed by atoms with Crippen molar-refractivity contribution in [1.29, 1.82) is 0 Å². The van der Waals surface area contributed by atoms with Crippen LogP contribution in [0.15, 0.2) is 4.60 Å². The molecule has 0 radical (unpaired) electrons. The number of rotatable bonds is 3. The Kier molecular flexibility index (Phi) is 4.38. The minimum atomic E-state index is -2.97. The molecular formula is C11H16BrN3O4S. The lowest BCUT2D eigenvalue weighted by Crippen LogP contribution is -2.41. The molecule has 9 heteroatoms. The first-order valence-electron chi connectivity index (χ1n) is 6.20. The van der Waals surface area contributed by atoms with Crippen molar-refractivity contribution in [3.8, 4) is 0 Å². The first-order chi connectivity index (χ1) is 9.35. The van der Waals surface area contributed by atoms with E-state index in [0.717, 1.165) is 0 Å². The number of nitrogens with zero attached hydrogens (tertiary/aromatic N) is 3. The molecule has 2 rings (SSSR count). The number of hydrogen-bond acceptors (Lipinski definition) is 6. The predicted molar refractivity (Wildman–Crippen MR) is 77.7 cm³/mol. The lowest BCUT2D eigenvalue weighted by atomic mass is 10.3. The zero-order valence-electron chi connectivity index (χ0n) is 11.3. The third-order valence-corrected chi connectivity index (χ3v) is 5.26. The lowest BCUT2D eigenvalue weighted by molar-refractivity contribution is 0.0526. The van der Waals surface area contributed by atoms with E-state index in [2.05, 4.69) is 21.0 Å². The monoisotopic (exact) mass is 365 g/mol. The first-order valence-corrected chi connectivity index (χ1v) is 8.82. The summed E-state index contributed by atoms with van der Waals surface area (Å²) in [6.45, 7) is 2.70. The van der Waals surface area contributed by atoms with Gasteiger partial charge in [0.25, 0.3) is 0 Å². The van der Waals surface area contributed by atoms with Crippen LogP contribution in [0.4, 0.5) is 5.82 Å². The van der Waals surface area contributed by atoms with Crippen molar-refractivity contribution in [3.05, 3.63) is 10.2 Å². The number of sulfone groups is 1. The average Bonchev–Trinajstić information content (AvgIpc) is 2.65. The molecule has 1 aromatic rings. The Morgan fingerprint density at radius 1 is 1.40 bits per heavy atom. The van der Waals surface area contributed by atoms with Crippen molar-refractivity contribution in [2.24, 2.45) is 7.05 Å². The van der Waals surface area contributed by atoms with Gasteiger partial charge in [-0.25, -0.2) is 13.2 Å². The van der Waals surface area contributed by atoms with E-state index in [0.29, 0.717) is 29.1 Å². The number of ether oxygens (including phenoxy) is 1. The summed E-state index contributed by atoms with van der Waals surface area (Å²) in [5.41, 5.74) is 0.341. The summed E-state index contributed by atoms with van der Waals surface area (Å²) in [6.07, 6.45) is 0. The number of carbonyl (C=O) groups excluding carboxylic acids is 1. The van der Waals surface area contributed by atoms with Gasteiger partial charge in [0.05, 0.1) is 18.1 Å². The number of aromatic nitrogens is 2. The number of hydrogen-bond donors (Lipinski definition) is 0. The van der Waals surface area contributed by atoms with Crippen LogP contribution in [0.2, 0.25) is 0 Å². The average molecular weight is 366 g/mol. The van der Waals surface area contributed by atoms with Crippen LogP contribution in [0.5, 0.6) is 0 Å². The normalized spacial score (nSPS) is 18.1. The molecule has 0 aromatic carbocycles. The standard InChI is InChI=1S/C11H16BrN3O4S/c1-3-19-11(16)8-9(12)13-14(2)10(8)15-4-6-20(17,18)7-5-15/h3-7H2,1-2H3. The maximum Gasteiger partial charge on any atom is 0.344 e. The van der Waals surface area contributed by atoms with Crippen LogP contribution in [-0.2, 0) is 21.6 Å². The minimum absolute atomic E-state index is 0.0814. The minimum Gasteiger partial charge on any atom is -0.462 e. The fourth-order valence-corrected chi connectivity index (χ4v) is 3.93. The van der Waals surface area contributed by atoms with Crippen LogP contribution >= 0.6 is 15.9 Å². The summed E-state index contributed by atoms with van der Waals surface area (Å²) in [4.78, 5) is 13.9. The highest BCUT2D eigenvalue weighted by Gasteiger charge is 2.30. The van der Waals surface area contributed by atoms with E-state index in [1.807, 2.05) is 4.90 Å². The molecule has 0 saturated carbocycles. The maximum absolute atomic E-state index is 12.0. The van der Waals surface area contributed by atoms with Gasteiger partial charge < -0.3 is 9.64 Å². The Bertz CT molecular complexity index is 612. The van der Waals surface area contributed by atoms with Gasteiger partial charge in [0, 0.05) is 20.1 Å². The SMILES string of the molecule is CCOC(=O)c1c(Br)nn(C)c1N1CCS(=O)(=O)CC1. The predicted octanol–water partition coefficient (Wildman–Crippen LogP) is 0.594. The third-order valence-electron chi connectivity index (χ3n) is 3.10. The van der Waals surface area contributed by atoms with Crippen LogP contribution < -0.4 is 4.90 Å². The fourth-order valence-electron chi connectivity index (χ4n) is 2.15. The van der Waals surface area contributed by atoms with Gasteiger partial charge in [-0.1, -0.05) is 0 Å². The van der Waals surface area contributed by atoms with Crippen molar-refractivity contribution in [2.45, 2.75) is 6.92 Å². The summed E-state index contributed by atoms with van der Waals surface area (Å²) in [5, 5.41) is 4.17. The molecule has 7 nitrogen and oxygen atoms in total. The highest BCUT2D eigenvalue weighted by atomic mass is 79.9. The molecular weight excluding hydrogens is 350 g/mol. The highest BCUT2D eigenvalue weighted by Crippen LogP contribution is 2.29. The molecule has 0 atom stereocenters. The van der Waals surface area contributed by atoms with Gasteiger partial charge in [0.1, 0.15) is 16.0 Å². The van der Waals surface area contributed by atoms with Crippen LogP contribution in [0, 0.1) is 0 Å². The van der Waals surface area contributed by atoms with E-state index >= 15 is 0 Å². The van der Waals surface area contributed by atoms with E-state index in [-0.39, 0.29) is 18.1 Å². The van der Waals surface area contributed by atoms with Crippen molar-refractivity contribution in [1.82, 2.24) is 9.78 Å². The van der Waals surface area contributed by atoms with E-state index in [4.69, 9.17) is 4.74 Å². The topological polar surface area (TPSA) is 81.5 Å². The zero-order valence-corrected chi connectivity index (χ0v) is 13.7. The molecule has 0 N–H and O–H groups in total. The molecule has 0 bridgehead atoms. The van der Waals surface area contributed by atoms with E-state index < -0.39 is 15.8 Å². The second-order valence-corrected chi connectivity index (χ2v) is 7.53. The molecule has 0 amide bonds. The van der Waals surface area contributed by atoms with Gasteiger partial charge in [0.2, 0.25) is 0 Å². The third kappa shape index (κ3) is 2.98. The lowest BCUT2D eigenvalue weighted by Gasteiger charge is -2.29. The molecule has 20 heavy (non-hydrogen) atoms. The Balaban J connectivity index is 2.34. The zero-order chi connectivity index (χ0) is 14.9. The fraction of sp³-hybridized carbons (Fsp3) is 0.636. The maximum atomic E-state index is 12.0. The molecule has 0 spiro atoms. The van der Waals surface area contributed by atoms with Gasteiger partial charge in [0.15, 0.2) is 9.84 Å². The largest absolute Gasteiger partial charge is 0.462 e. The summed E-state index contributed by atoms with van der Waals surface area (Å²) in [7, 11) is -1.26. The van der Waals surface area contributed by atoms with Crippen LogP contribution in [-0.4, -0.2) is 55.4 Å². The van der Waals surface area contributed by atoms with Crippen molar-refractivity contribution < 1.29 is 17.9 Å². The van der Waals surface area contributed by atoms with Gasteiger partial charge in [-0.3, -0.25) is 4.68 Å². The number of anilines is 1.